The first-order valence-corrected chi connectivity index (χ1v) is 7.59. The third-order valence-corrected chi connectivity index (χ3v) is 4.03. The summed E-state index contributed by atoms with van der Waals surface area (Å²) in [6.07, 6.45) is -2.16. The van der Waals surface area contributed by atoms with Gasteiger partial charge in [-0.05, 0) is 33.2 Å². The highest BCUT2D eigenvalue weighted by Crippen LogP contribution is 2.34. The van der Waals surface area contributed by atoms with E-state index in [2.05, 4.69) is 11.4 Å². The van der Waals surface area contributed by atoms with Crippen molar-refractivity contribution in [3.8, 4) is 0 Å². The average molecular weight is 309 g/mol. The predicted octanol–water partition coefficient (Wildman–Crippen LogP) is 2.52. The molecule has 1 amide bonds. The zero-order valence-corrected chi connectivity index (χ0v) is 12.9. The van der Waals surface area contributed by atoms with E-state index in [0.29, 0.717) is 5.56 Å². The van der Waals surface area contributed by atoms with Gasteiger partial charge in [0.05, 0.1) is 0 Å². The molecule has 0 fully saturated rings. The van der Waals surface area contributed by atoms with Gasteiger partial charge in [0, 0.05) is 13.5 Å². The van der Waals surface area contributed by atoms with Crippen molar-refractivity contribution >= 4 is 27.5 Å². The second-order valence-electron chi connectivity index (χ2n) is 5.68. The number of aliphatic hydroxyl groups excluding tert-OH is 2. The Hall–Kier alpha value is -2.43. The molecule has 4 nitrogen and oxygen atoms in total. The van der Waals surface area contributed by atoms with Crippen LogP contribution in [0.4, 0.5) is 0 Å². The lowest BCUT2D eigenvalue weighted by molar-refractivity contribution is -0.119. The van der Waals surface area contributed by atoms with Crippen LogP contribution in [-0.4, -0.2) is 28.8 Å². The minimum atomic E-state index is -1.09. The van der Waals surface area contributed by atoms with Gasteiger partial charge in [0.15, 0.2) is 0 Å². The lowest BCUT2D eigenvalue weighted by Gasteiger charge is -2.22. The number of hydrogen-bond acceptors (Lipinski definition) is 3. The van der Waals surface area contributed by atoms with Crippen LogP contribution in [0.2, 0.25) is 0 Å². The van der Waals surface area contributed by atoms with E-state index in [0.717, 1.165) is 21.5 Å². The number of hydrogen-bond donors (Lipinski definition) is 3. The highest BCUT2D eigenvalue weighted by atomic mass is 16.3. The Bertz CT molecular complexity index is 805. The summed E-state index contributed by atoms with van der Waals surface area (Å²) in [6, 6.07) is 17.6. The predicted molar refractivity (Wildman–Crippen MR) is 91.1 cm³/mol. The lowest BCUT2D eigenvalue weighted by atomic mass is 9.91. The monoisotopic (exact) mass is 309 g/mol. The van der Waals surface area contributed by atoms with E-state index in [9.17, 15) is 15.0 Å². The first-order valence-electron chi connectivity index (χ1n) is 7.59. The number of benzene rings is 3. The summed E-state index contributed by atoms with van der Waals surface area (Å²) in [5, 5.41) is 27.3. The summed E-state index contributed by atoms with van der Waals surface area (Å²) in [7, 11) is 0. The van der Waals surface area contributed by atoms with Crippen LogP contribution in [0.5, 0.6) is 0 Å². The highest BCUT2D eigenvalue weighted by Gasteiger charge is 2.23. The molecule has 0 radical (unpaired) electrons. The van der Waals surface area contributed by atoms with Crippen LogP contribution < -0.4 is 5.32 Å². The minimum absolute atomic E-state index is 0.00798. The van der Waals surface area contributed by atoms with Gasteiger partial charge in [-0.25, -0.2) is 0 Å². The summed E-state index contributed by atoms with van der Waals surface area (Å²) in [5.41, 5.74) is 0.691. The van der Waals surface area contributed by atoms with Gasteiger partial charge in [-0.3, -0.25) is 4.79 Å². The molecule has 3 N–H and O–H groups in total. The van der Waals surface area contributed by atoms with Crippen molar-refractivity contribution in [1.29, 1.82) is 0 Å². The molecule has 2 unspecified atom stereocenters. The second kappa shape index (κ2) is 6.36. The molecule has 4 heteroatoms. The van der Waals surface area contributed by atoms with E-state index in [1.165, 1.54) is 6.92 Å². The van der Waals surface area contributed by atoms with E-state index in [1.807, 2.05) is 48.5 Å². The summed E-state index contributed by atoms with van der Waals surface area (Å²) in [5.74, 6) is -0.237. The van der Waals surface area contributed by atoms with Gasteiger partial charge < -0.3 is 15.5 Å². The van der Waals surface area contributed by atoms with E-state index in [1.54, 1.807) is 0 Å². The van der Waals surface area contributed by atoms with Crippen LogP contribution >= 0.6 is 0 Å². The van der Waals surface area contributed by atoms with Gasteiger partial charge in [0.25, 0.3) is 0 Å². The molecular weight excluding hydrogens is 290 g/mol. The molecule has 0 aliphatic heterocycles. The molecule has 3 aromatic rings. The number of fused-ring (bicyclic) bond motifs is 2. The van der Waals surface area contributed by atoms with Gasteiger partial charge in [-0.15, -0.1) is 0 Å². The standard InChI is InChI=1S/C19H19NO3/c1-12(21)20-11-17(22)19(23)18-15-8-4-2-6-13(15)10-14-7-3-5-9-16(14)18/h2-10,17,19,22-23H,11H2,1H3,(H,20,21). The number of amides is 1. The highest BCUT2D eigenvalue weighted by molar-refractivity contribution is 6.02. The third-order valence-electron chi connectivity index (χ3n) is 4.03. The SMILES string of the molecule is CC(=O)NCC(O)C(O)c1c2ccccc2cc2ccccc12. The molecule has 0 spiro atoms. The second-order valence-corrected chi connectivity index (χ2v) is 5.68. The Morgan fingerprint density at radius 2 is 1.52 bits per heavy atom. The molecule has 3 rings (SSSR count). The van der Waals surface area contributed by atoms with Crippen molar-refractivity contribution in [3.63, 3.8) is 0 Å². The first-order chi connectivity index (χ1) is 11.1. The fraction of sp³-hybridized carbons (Fsp3) is 0.211. The van der Waals surface area contributed by atoms with Crippen LogP contribution in [0.25, 0.3) is 21.5 Å². The molecule has 0 saturated carbocycles. The van der Waals surface area contributed by atoms with Crippen molar-refractivity contribution < 1.29 is 15.0 Å². The third kappa shape index (κ3) is 3.04. The average Bonchev–Trinajstić information content (AvgIpc) is 2.56. The minimum Gasteiger partial charge on any atom is -0.388 e. The van der Waals surface area contributed by atoms with Gasteiger partial charge in [-0.1, -0.05) is 48.5 Å². The Balaban J connectivity index is 2.14. The van der Waals surface area contributed by atoms with E-state index in [-0.39, 0.29) is 12.5 Å². The molecule has 118 valence electrons. The number of carbonyl (C=O) groups is 1. The Kier molecular flexibility index (Phi) is 4.28. The smallest absolute Gasteiger partial charge is 0.216 e. The van der Waals surface area contributed by atoms with Gasteiger partial charge >= 0.3 is 0 Å². The molecular formula is C19H19NO3. The quantitative estimate of drug-likeness (QED) is 0.649. The zero-order chi connectivity index (χ0) is 16.4. The van der Waals surface area contributed by atoms with Gasteiger partial charge in [-0.2, -0.15) is 0 Å². The Morgan fingerprint density at radius 1 is 1.00 bits per heavy atom. The molecule has 0 aromatic heterocycles. The Morgan fingerprint density at radius 3 is 2.04 bits per heavy atom. The number of carbonyl (C=O) groups excluding carboxylic acids is 1. The maximum Gasteiger partial charge on any atom is 0.216 e. The van der Waals surface area contributed by atoms with Crippen LogP contribution in [0, 0.1) is 0 Å². The lowest BCUT2D eigenvalue weighted by Crippen LogP contribution is -2.34. The molecule has 0 saturated heterocycles. The number of rotatable bonds is 4. The summed E-state index contributed by atoms with van der Waals surface area (Å²) in [4.78, 5) is 11.0. The van der Waals surface area contributed by atoms with Crippen molar-refractivity contribution in [1.82, 2.24) is 5.32 Å². The van der Waals surface area contributed by atoms with Crippen molar-refractivity contribution in [2.75, 3.05) is 6.54 Å². The van der Waals surface area contributed by atoms with Gasteiger partial charge in [0.2, 0.25) is 5.91 Å². The number of aliphatic hydroxyl groups is 2. The summed E-state index contributed by atoms with van der Waals surface area (Å²) in [6.45, 7) is 1.39. The van der Waals surface area contributed by atoms with E-state index in [4.69, 9.17) is 0 Å². The van der Waals surface area contributed by atoms with Crippen LogP contribution in [0.1, 0.15) is 18.6 Å². The van der Waals surface area contributed by atoms with Crippen molar-refractivity contribution in [3.05, 3.63) is 60.2 Å². The largest absolute Gasteiger partial charge is 0.388 e. The zero-order valence-electron chi connectivity index (χ0n) is 12.9. The van der Waals surface area contributed by atoms with Crippen LogP contribution in [0.15, 0.2) is 54.6 Å². The maximum atomic E-state index is 11.0. The van der Waals surface area contributed by atoms with Gasteiger partial charge in [0.1, 0.15) is 12.2 Å². The summed E-state index contributed by atoms with van der Waals surface area (Å²) < 4.78 is 0. The molecule has 0 aliphatic rings. The fourth-order valence-corrected chi connectivity index (χ4v) is 2.92. The molecule has 2 atom stereocenters. The fourth-order valence-electron chi connectivity index (χ4n) is 2.92. The Labute approximate surface area is 134 Å². The van der Waals surface area contributed by atoms with Crippen molar-refractivity contribution in [2.45, 2.75) is 19.1 Å². The molecule has 23 heavy (non-hydrogen) atoms. The van der Waals surface area contributed by atoms with Crippen molar-refractivity contribution in [2.24, 2.45) is 0 Å². The normalized spacial score (nSPS) is 13.9. The number of nitrogens with one attached hydrogen (secondary N) is 1. The van der Waals surface area contributed by atoms with Crippen LogP contribution in [-0.2, 0) is 4.79 Å². The first kappa shape index (κ1) is 15.5. The van der Waals surface area contributed by atoms with E-state index < -0.39 is 12.2 Å². The maximum absolute atomic E-state index is 11.0. The van der Waals surface area contributed by atoms with Crippen LogP contribution in [0.3, 0.4) is 0 Å². The molecule has 0 heterocycles. The summed E-state index contributed by atoms with van der Waals surface area (Å²) >= 11 is 0. The molecule has 0 bridgehead atoms. The molecule has 0 aliphatic carbocycles. The molecule has 3 aromatic carbocycles. The topological polar surface area (TPSA) is 69.6 Å². The van der Waals surface area contributed by atoms with E-state index >= 15 is 0 Å².